The minimum atomic E-state index is -5.01. The first-order valence-electron chi connectivity index (χ1n) is 9.55. The van der Waals surface area contributed by atoms with E-state index in [1.165, 1.54) is 24.1 Å². The highest BCUT2D eigenvalue weighted by atomic mass is 19.4. The maximum Gasteiger partial charge on any atom is 0.471 e. The van der Waals surface area contributed by atoms with Gasteiger partial charge < -0.3 is 19.5 Å². The van der Waals surface area contributed by atoms with Gasteiger partial charge in [-0.15, -0.1) is 0 Å². The Morgan fingerprint density at radius 3 is 2.35 bits per heavy atom. The number of nitrogens with zero attached hydrogens (tertiary/aromatic N) is 3. The summed E-state index contributed by atoms with van der Waals surface area (Å²) in [5, 5.41) is 9.23. The Hall–Kier alpha value is -3.11. The first-order chi connectivity index (χ1) is 14.3. The molecule has 2 fully saturated rings. The molecule has 0 bridgehead atoms. The number of hydrogen-bond acceptors (Lipinski definition) is 4. The Morgan fingerprint density at radius 1 is 1.23 bits per heavy atom. The molecule has 2 aliphatic rings. The molecule has 0 atom stereocenters. The lowest BCUT2D eigenvalue weighted by Gasteiger charge is -2.53. The van der Waals surface area contributed by atoms with Crippen LogP contribution in [0.4, 0.5) is 23.2 Å². The number of benzene rings is 1. The summed E-state index contributed by atoms with van der Waals surface area (Å²) in [5.41, 5.74) is -1.95. The smallest absolute Gasteiger partial charge is 0.471 e. The molecule has 11 heteroatoms. The Balaban J connectivity index is 1.71. The summed E-state index contributed by atoms with van der Waals surface area (Å²) < 4.78 is 54.8. The molecule has 31 heavy (non-hydrogen) atoms. The third-order valence-corrected chi connectivity index (χ3v) is 6.03. The molecule has 166 valence electrons. The van der Waals surface area contributed by atoms with Crippen LogP contribution in [0.25, 0.3) is 10.9 Å². The number of carboxylic acids is 1. The highest BCUT2D eigenvalue weighted by Gasteiger charge is 2.51. The molecule has 1 aromatic carbocycles. The van der Waals surface area contributed by atoms with E-state index in [1.54, 1.807) is 4.57 Å². The second-order valence-corrected chi connectivity index (χ2v) is 8.35. The van der Waals surface area contributed by atoms with Crippen LogP contribution >= 0.6 is 0 Å². The van der Waals surface area contributed by atoms with Crippen molar-refractivity contribution >= 4 is 28.5 Å². The van der Waals surface area contributed by atoms with Gasteiger partial charge in [-0.1, -0.05) is 0 Å². The van der Waals surface area contributed by atoms with Crippen LogP contribution in [0.2, 0.25) is 0 Å². The molecular formula is C20H19F4N3O4. The van der Waals surface area contributed by atoms with Gasteiger partial charge in [-0.3, -0.25) is 9.59 Å². The van der Waals surface area contributed by atoms with Gasteiger partial charge in [0.2, 0.25) is 5.43 Å². The number of likely N-dealkylation sites (N-methyl/N-ethyl adjacent to an activating group) is 1. The van der Waals surface area contributed by atoms with Crippen LogP contribution < -0.4 is 10.3 Å². The van der Waals surface area contributed by atoms with E-state index >= 15 is 0 Å². The van der Waals surface area contributed by atoms with E-state index < -0.39 is 40.4 Å². The first kappa shape index (κ1) is 21.1. The Kier molecular flexibility index (Phi) is 4.56. The molecule has 1 aliphatic carbocycles. The van der Waals surface area contributed by atoms with Gasteiger partial charge in [0, 0.05) is 37.8 Å². The number of rotatable bonds is 4. The molecule has 0 radical (unpaired) electrons. The van der Waals surface area contributed by atoms with Crippen molar-refractivity contribution in [3.05, 3.63) is 39.9 Å². The standard InChI is InChI=1S/C20H19F4N3O4/c1-19(25(2)18(31)20(22,23)24)8-26(9-19)15-6-14-11(5-13(15)21)16(28)12(17(29)30)7-27(14)10-3-4-10/h5-7,10H,3-4,8-9H2,1-2H3,(H,29,30). The largest absolute Gasteiger partial charge is 0.477 e. The average molecular weight is 441 g/mol. The lowest BCUT2D eigenvalue weighted by molar-refractivity contribution is -0.190. The third-order valence-electron chi connectivity index (χ3n) is 6.03. The van der Waals surface area contributed by atoms with Gasteiger partial charge in [-0.25, -0.2) is 9.18 Å². The number of fused-ring (bicyclic) bond motifs is 1. The molecule has 1 aromatic heterocycles. The molecule has 1 saturated heterocycles. The number of carbonyl (C=O) groups excluding carboxylic acids is 1. The zero-order chi connectivity index (χ0) is 22.9. The maximum absolute atomic E-state index is 14.9. The van der Waals surface area contributed by atoms with Crippen molar-refractivity contribution in [3.8, 4) is 0 Å². The number of carboxylic acid groups (broad SMARTS) is 1. The number of aromatic carboxylic acids is 1. The molecular weight excluding hydrogens is 422 g/mol. The van der Waals surface area contributed by atoms with Gasteiger partial charge in [0.15, 0.2) is 0 Å². The van der Waals surface area contributed by atoms with E-state index in [0.717, 1.165) is 26.0 Å². The Morgan fingerprint density at radius 2 is 1.84 bits per heavy atom. The molecule has 1 N–H and O–H groups in total. The summed E-state index contributed by atoms with van der Waals surface area (Å²) in [6.07, 6.45) is -2.18. The van der Waals surface area contributed by atoms with Crippen LogP contribution in [0.3, 0.4) is 0 Å². The number of amides is 1. The van der Waals surface area contributed by atoms with Crippen LogP contribution in [0.5, 0.6) is 0 Å². The van der Waals surface area contributed by atoms with E-state index in [2.05, 4.69) is 0 Å². The molecule has 7 nitrogen and oxygen atoms in total. The van der Waals surface area contributed by atoms with E-state index in [9.17, 15) is 37.1 Å². The minimum Gasteiger partial charge on any atom is -0.477 e. The number of pyridine rings is 1. The summed E-state index contributed by atoms with van der Waals surface area (Å²) >= 11 is 0. The van der Waals surface area contributed by atoms with Crippen molar-refractivity contribution < 1.29 is 32.3 Å². The molecule has 2 aromatic rings. The van der Waals surface area contributed by atoms with Crippen molar-refractivity contribution in [2.75, 3.05) is 25.0 Å². The van der Waals surface area contributed by atoms with Gasteiger partial charge in [-0.05, 0) is 31.9 Å². The Bertz CT molecular complexity index is 1160. The van der Waals surface area contributed by atoms with Gasteiger partial charge in [0.1, 0.15) is 11.4 Å². The van der Waals surface area contributed by atoms with Crippen LogP contribution in [0.15, 0.2) is 23.1 Å². The van der Waals surface area contributed by atoms with Crippen molar-refractivity contribution in [3.63, 3.8) is 0 Å². The summed E-state index contributed by atoms with van der Waals surface area (Å²) in [6.45, 7) is 1.41. The lowest BCUT2D eigenvalue weighted by atomic mass is 9.89. The monoisotopic (exact) mass is 441 g/mol. The van der Waals surface area contributed by atoms with Crippen molar-refractivity contribution in [2.24, 2.45) is 0 Å². The van der Waals surface area contributed by atoms with Gasteiger partial charge >= 0.3 is 18.1 Å². The minimum absolute atomic E-state index is 0.00305. The zero-order valence-corrected chi connectivity index (χ0v) is 16.7. The number of anilines is 1. The molecule has 2 heterocycles. The molecule has 0 unspecified atom stereocenters. The molecule has 1 amide bonds. The van der Waals surface area contributed by atoms with Crippen LogP contribution in [-0.4, -0.2) is 58.3 Å². The summed E-state index contributed by atoms with van der Waals surface area (Å²) in [7, 11) is 1.06. The van der Waals surface area contributed by atoms with Crippen molar-refractivity contribution in [1.29, 1.82) is 0 Å². The summed E-state index contributed by atoms with van der Waals surface area (Å²) in [5.74, 6) is -4.17. The summed E-state index contributed by atoms with van der Waals surface area (Å²) in [4.78, 5) is 37.6. The fraction of sp³-hybridized carbons (Fsp3) is 0.450. The van der Waals surface area contributed by atoms with Crippen molar-refractivity contribution in [2.45, 2.75) is 37.5 Å². The van der Waals surface area contributed by atoms with Gasteiger partial charge in [0.05, 0.1) is 16.7 Å². The van der Waals surface area contributed by atoms with Crippen LogP contribution in [0, 0.1) is 5.82 Å². The first-order valence-corrected chi connectivity index (χ1v) is 9.55. The number of halogens is 4. The predicted octanol–water partition coefficient (Wildman–Crippen LogP) is 2.77. The van der Waals surface area contributed by atoms with E-state index in [0.29, 0.717) is 10.4 Å². The number of hydrogen-bond donors (Lipinski definition) is 1. The van der Waals surface area contributed by atoms with Crippen molar-refractivity contribution in [1.82, 2.24) is 9.47 Å². The zero-order valence-electron chi connectivity index (χ0n) is 16.7. The van der Waals surface area contributed by atoms with E-state index in [1.807, 2.05) is 0 Å². The summed E-state index contributed by atoms with van der Waals surface area (Å²) in [6, 6.07) is 2.39. The highest BCUT2D eigenvalue weighted by Crippen LogP contribution is 2.40. The van der Waals surface area contributed by atoms with E-state index in [-0.39, 0.29) is 30.2 Å². The molecule has 1 saturated carbocycles. The molecule has 0 spiro atoms. The number of alkyl halides is 3. The topological polar surface area (TPSA) is 82.8 Å². The quantitative estimate of drug-likeness (QED) is 0.738. The second-order valence-electron chi connectivity index (χ2n) is 8.35. The fourth-order valence-corrected chi connectivity index (χ4v) is 4.00. The molecule has 1 aliphatic heterocycles. The van der Waals surface area contributed by atoms with Crippen LogP contribution in [0.1, 0.15) is 36.2 Å². The SMILES string of the molecule is CN(C(=O)C(F)(F)F)C1(C)CN(c2cc3c(cc2F)c(=O)c(C(=O)O)cn3C2CC2)C1. The van der Waals surface area contributed by atoms with E-state index in [4.69, 9.17) is 0 Å². The maximum atomic E-state index is 14.9. The average Bonchev–Trinajstić information content (AvgIpc) is 3.48. The highest BCUT2D eigenvalue weighted by molar-refractivity contribution is 5.93. The van der Waals surface area contributed by atoms with Crippen LogP contribution in [-0.2, 0) is 4.79 Å². The van der Waals surface area contributed by atoms with Gasteiger partial charge in [0.25, 0.3) is 0 Å². The number of carbonyl (C=O) groups is 2. The third kappa shape index (κ3) is 3.41. The van der Waals surface area contributed by atoms with Gasteiger partial charge in [-0.2, -0.15) is 13.2 Å². The normalized spacial score (nSPS) is 18.1. The second kappa shape index (κ2) is 6.69. The predicted molar refractivity (Wildman–Crippen MR) is 103 cm³/mol. The molecule has 4 rings (SSSR count). The number of aromatic nitrogens is 1. The Labute approximate surface area is 173 Å². The lowest BCUT2D eigenvalue weighted by Crippen LogP contribution is -2.70. The fourth-order valence-electron chi connectivity index (χ4n) is 4.00.